The molecule has 1 aliphatic carbocycles. The Hall–Kier alpha value is -1.22. The highest BCUT2D eigenvalue weighted by Gasteiger charge is 2.44. The lowest BCUT2D eigenvalue weighted by atomic mass is 9.71. The van der Waals surface area contributed by atoms with Crippen molar-refractivity contribution in [1.82, 2.24) is 4.90 Å². The van der Waals surface area contributed by atoms with Crippen molar-refractivity contribution in [1.29, 1.82) is 0 Å². The molecule has 1 aliphatic rings. The van der Waals surface area contributed by atoms with Gasteiger partial charge >= 0.3 is 0 Å². The molecule has 0 bridgehead atoms. The molecule has 0 spiro atoms. The minimum atomic E-state index is -0.476. The van der Waals surface area contributed by atoms with E-state index in [0.717, 1.165) is 24.8 Å². The van der Waals surface area contributed by atoms with Crippen molar-refractivity contribution in [3.05, 3.63) is 35.1 Å². The largest absolute Gasteiger partial charge is 0.297 e. The van der Waals surface area contributed by atoms with Crippen LogP contribution in [0.3, 0.4) is 0 Å². The lowest BCUT2D eigenvalue weighted by molar-refractivity contribution is 0.0485. The lowest BCUT2D eigenvalue weighted by Gasteiger charge is -2.44. The highest BCUT2D eigenvalue weighted by Crippen LogP contribution is 2.38. The highest BCUT2D eigenvalue weighted by atomic mass is 19.1. The molecule has 2 atom stereocenters. The second-order valence-corrected chi connectivity index (χ2v) is 6.42. The Morgan fingerprint density at radius 1 is 1.40 bits per heavy atom. The maximum atomic E-state index is 13.5. The van der Waals surface area contributed by atoms with E-state index in [1.54, 1.807) is 6.07 Å². The van der Waals surface area contributed by atoms with Crippen molar-refractivity contribution in [3.63, 3.8) is 0 Å². The summed E-state index contributed by atoms with van der Waals surface area (Å²) in [6, 6.07) is 4.50. The van der Waals surface area contributed by atoms with Gasteiger partial charge in [-0.1, -0.05) is 25.8 Å². The minimum Gasteiger partial charge on any atom is -0.297 e. The molecule has 0 radical (unpaired) electrons. The van der Waals surface area contributed by atoms with Gasteiger partial charge in [0.25, 0.3) is 0 Å². The second kappa shape index (κ2) is 5.65. The van der Waals surface area contributed by atoms with Crippen molar-refractivity contribution in [2.75, 3.05) is 14.1 Å². The standard InChI is InChI=1S/C17H24FNO/c1-12-6-5-9-17(11-12,19(3)4)16(20)15-10-14(18)8-7-13(15)2/h7-8,10,12H,5-6,9,11H2,1-4H3. The number of halogens is 1. The van der Waals surface area contributed by atoms with E-state index in [1.807, 2.05) is 25.9 Å². The van der Waals surface area contributed by atoms with Gasteiger partial charge < -0.3 is 0 Å². The Morgan fingerprint density at radius 2 is 2.10 bits per heavy atom. The van der Waals surface area contributed by atoms with Crippen LogP contribution in [0.15, 0.2) is 18.2 Å². The molecular weight excluding hydrogens is 253 g/mol. The van der Waals surface area contributed by atoms with Crippen molar-refractivity contribution < 1.29 is 9.18 Å². The zero-order valence-electron chi connectivity index (χ0n) is 12.9. The number of likely N-dealkylation sites (N-methyl/N-ethyl adjacent to an activating group) is 1. The molecule has 1 aromatic rings. The first-order valence-corrected chi connectivity index (χ1v) is 7.35. The number of Topliss-reactive ketones (excluding diaryl/α,β-unsaturated/α-hetero) is 1. The third kappa shape index (κ3) is 2.64. The molecule has 0 amide bonds. The molecule has 0 aliphatic heterocycles. The first-order valence-electron chi connectivity index (χ1n) is 7.35. The number of nitrogens with zero attached hydrogens (tertiary/aromatic N) is 1. The van der Waals surface area contributed by atoms with E-state index in [9.17, 15) is 9.18 Å². The molecule has 2 rings (SSSR count). The van der Waals surface area contributed by atoms with Gasteiger partial charge in [0, 0.05) is 5.56 Å². The van der Waals surface area contributed by atoms with Crippen LogP contribution in [-0.4, -0.2) is 30.3 Å². The van der Waals surface area contributed by atoms with Crippen LogP contribution in [0.5, 0.6) is 0 Å². The first-order chi connectivity index (χ1) is 9.36. The summed E-state index contributed by atoms with van der Waals surface area (Å²) in [5.41, 5.74) is 0.916. The molecule has 2 nitrogen and oxygen atoms in total. The lowest BCUT2D eigenvalue weighted by Crippen LogP contribution is -2.54. The van der Waals surface area contributed by atoms with Crippen molar-refractivity contribution >= 4 is 5.78 Å². The molecule has 2 unspecified atom stereocenters. The van der Waals surface area contributed by atoms with Gasteiger partial charge in [0.05, 0.1) is 5.54 Å². The minimum absolute atomic E-state index is 0.0750. The number of hydrogen-bond acceptors (Lipinski definition) is 2. The van der Waals surface area contributed by atoms with Crippen LogP contribution < -0.4 is 0 Å². The molecule has 1 aromatic carbocycles. The van der Waals surface area contributed by atoms with Gasteiger partial charge in [-0.3, -0.25) is 9.69 Å². The number of hydrogen-bond donors (Lipinski definition) is 0. The van der Waals surface area contributed by atoms with E-state index >= 15 is 0 Å². The fourth-order valence-corrected chi connectivity index (χ4v) is 3.43. The van der Waals surface area contributed by atoms with E-state index in [0.29, 0.717) is 11.5 Å². The van der Waals surface area contributed by atoms with Crippen LogP contribution in [-0.2, 0) is 0 Å². The smallest absolute Gasteiger partial charge is 0.183 e. The van der Waals surface area contributed by atoms with Crippen LogP contribution in [0.1, 0.15) is 48.5 Å². The van der Waals surface area contributed by atoms with E-state index in [-0.39, 0.29) is 11.6 Å². The Bertz CT molecular complexity index is 512. The average molecular weight is 277 g/mol. The average Bonchev–Trinajstić information content (AvgIpc) is 2.40. The van der Waals surface area contributed by atoms with Crippen molar-refractivity contribution in [3.8, 4) is 0 Å². The normalized spacial score (nSPS) is 26.8. The molecule has 0 saturated heterocycles. The van der Waals surface area contributed by atoms with Crippen LogP contribution >= 0.6 is 0 Å². The number of carbonyl (C=O) groups excluding carboxylic acids is 1. The van der Waals surface area contributed by atoms with E-state index < -0.39 is 5.54 Å². The third-order valence-electron chi connectivity index (χ3n) is 4.70. The molecular formula is C17H24FNO. The summed E-state index contributed by atoms with van der Waals surface area (Å²) >= 11 is 0. The fourth-order valence-electron chi connectivity index (χ4n) is 3.43. The van der Waals surface area contributed by atoms with Crippen LogP contribution in [0, 0.1) is 18.7 Å². The van der Waals surface area contributed by atoms with Gasteiger partial charge in [-0.2, -0.15) is 0 Å². The summed E-state index contributed by atoms with van der Waals surface area (Å²) in [7, 11) is 3.93. The molecule has 3 heteroatoms. The monoisotopic (exact) mass is 277 g/mol. The fraction of sp³-hybridized carbons (Fsp3) is 0.588. The number of aryl methyl sites for hydroxylation is 1. The van der Waals surface area contributed by atoms with E-state index in [1.165, 1.54) is 18.6 Å². The highest BCUT2D eigenvalue weighted by molar-refractivity contribution is 6.04. The van der Waals surface area contributed by atoms with Gasteiger partial charge in [-0.25, -0.2) is 4.39 Å². The number of rotatable bonds is 3. The molecule has 1 fully saturated rings. The molecule has 0 heterocycles. The van der Waals surface area contributed by atoms with E-state index in [4.69, 9.17) is 0 Å². The topological polar surface area (TPSA) is 20.3 Å². The van der Waals surface area contributed by atoms with E-state index in [2.05, 4.69) is 6.92 Å². The van der Waals surface area contributed by atoms with Gasteiger partial charge in [0.15, 0.2) is 5.78 Å². The zero-order valence-corrected chi connectivity index (χ0v) is 12.9. The molecule has 0 aromatic heterocycles. The summed E-state index contributed by atoms with van der Waals surface area (Å²) in [6.07, 6.45) is 3.94. The summed E-state index contributed by atoms with van der Waals surface area (Å²) in [4.78, 5) is 15.1. The summed E-state index contributed by atoms with van der Waals surface area (Å²) in [5, 5.41) is 0. The van der Waals surface area contributed by atoms with Gasteiger partial charge in [-0.05, 0) is 57.5 Å². The Kier molecular flexibility index (Phi) is 4.28. The maximum absolute atomic E-state index is 13.5. The molecule has 1 saturated carbocycles. The first kappa shape index (κ1) is 15.2. The SMILES string of the molecule is Cc1ccc(F)cc1C(=O)C1(N(C)C)CCCC(C)C1. The zero-order chi connectivity index (χ0) is 14.9. The molecule has 0 N–H and O–H groups in total. The van der Waals surface area contributed by atoms with Crippen molar-refractivity contribution in [2.45, 2.75) is 45.1 Å². The predicted octanol–water partition coefficient (Wildman–Crippen LogP) is 3.83. The summed E-state index contributed by atoms with van der Waals surface area (Å²) < 4.78 is 13.5. The maximum Gasteiger partial charge on any atom is 0.183 e. The Balaban J connectivity index is 2.44. The molecule has 110 valence electrons. The van der Waals surface area contributed by atoms with Gasteiger partial charge in [0.1, 0.15) is 5.82 Å². The second-order valence-electron chi connectivity index (χ2n) is 6.42. The van der Waals surface area contributed by atoms with Crippen LogP contribution in [0.25, 0.3) is 0 Å². The van der Waals surface area contributed by atoms with Gasteiger partial charge in [0.2, 0.25) is 0 Å². The number of ketones is 1. The summed E-state index contributed by atoms with van der Waals surface area (Å²) in [5.74, 6) is 0.270. The third-order valence-corrected chi connectivity index (χ3v) is 4.70. The number of carbonyl (C=O) groups is 1. The van der Waals surface area contributed by atoms with Gasteiger partial charge in [-0.15, -0.1) is 0 Å². The Morgan fingerprint density at radius 3 is 2.70 bits per heavy atom. The summed E-state index contributed by atoms with van der Waals surface area (Å²) in [6.45, 7) is 4.07. The predicted molar refractivity (Wildman–Crippen MR) is 79.5 cm³/mol. The Labute approximate surface area is 121 Å². The molecule has 20 heavy (non-hydrogen) atoms. The van der Waals surface area contributed by atoms with Crippen LogP contribution in [0.2, 0.25) is 0 Å². The van der Waals surface area contributed by atoms with Crippen LogP contribution in [0.4, 0.5) is 4.39 Å². The number of benzene rings is 1. The van der Waals surface area contributed by atoms with Crippen molar-refractivity contribution in [2.24, 2.45) is 5.92 Å². The quantitative estimate of drug-likeness (QED) is 0.783.